The zero-order chi connectivity index (χ0) is 20.1. The average Bonchev–Trinajstić information content (AvgIpc) is 2.72. The molecule has 0 spiro atoms. The molecule has 0 N–H and O–H groups in total. The third kappa shape index (κ3) is 5.02. The largest absolute Gasteiger partial charge is 0.469 e. The zero-order valence-electron chi connectivity index (χ0n) is 15.7. The number of likely N-dealkylation sites (tertiary alicyclic amines) is 1. The molecule has 3 rings (SSSR count). The number of rotatable bonds is 6. The molecule has 1 fully saturated rings. The van der Waals surface area contributed by atoms with Crippen LogP contribution in [-0.2, 0) is 15.3 Å². The average molecular weight is 437 g/mol. The van der Waals surface area contributed by atoms with Crippen LogP contribution in [0.25, 0.3) is 5.70 Å². The standard InChI is InChI=1S/C21H22Cl2N2O2S/c1-14(25-8-6-16(7-9-25)21(26)27-2)17-10-15(11-24-12-17)13-28-20-18(22)4-3-5-19(20)23/h3-5,10-12,16H,1,6-9,13H2,2H3. The third-order valence-corrected chi connectivity index (χ3v) is 6.90. The summed E-state index contributed by atoms with van der Waals surface area (Å²) in [5.74, 6) is 0.571. The Labute approximate surface area is 179 Å². The van der Waals surface area contributed by atoms with Crippen molar-refractivity contribution in [1.82, 2.24) is 9.88 Å². The number of halogens is 2. The summed E-state index contributed by atoms with van der Waals surface area (Å²) >= 11 is 14.1. The highest BCUT2D eigenvalue weighted by Gasteiger charge is 2.26. The summed E-state index contributed by atoms with van der Waals surface area (Å²) < 4.78 is 4.85. The van der Waals surface area contributed by atoms with Crippen molar-refractivity contribution in [2.24, 2.45) is 5.92 Å². The van der Waals surface area contributed by atoms with Crippen LogP contribution in [0, 0.1) is 5.92 Å². The summed E-state index contributed by atoms with van der Waals surface area (Å²) in [5.41, 5.74) is 2.99. The lowest BCUT2D eigenvalue weighted by molar-refractivity contribution is -0.146. The Bertz CT molecular complexity index is 847. The molecule has 0 saturated carbocycles. The molecule has 28 heavy (non-hydrogen) atoms. The molecule has 0 amide bonds. The Kier molecular flexibility index (Phi) is 7.27. The number of nitrogens with zero attached hydrogens (tertiary/aromatic N) is 2. The highest BCUT2D eigenvalue weighted by Crippen LogP contribution is 2.36. The van der Waals surface area contributed by atoms with Crippen molar-refractivity contribution in [2.45, 2.75) is 23.5 Å². The molecular weight excluding hydrogens is 415 g/mol. The SMILES string of the molecule is C=C(c1cncc(CSc2c(Cl)cccc2Cl)c1)N1CCC(C(=O)OC)CC1. The number of methoxy groups -OCH3 is 1. The van der Waals surface area contributed by atoms with E-state index >= 15 is 0 Å². The fourth-order valence-electron chi connectivity index (χ4n) is 3.23. The molecule has 0 atom stereocenters. The summed E-state index contributed by atoms with van der Waals surface area (Å²) in [4.78, 5) is 19.2. The van der Waals surface area contributed by atoms with E-state index in [1.165, 1.54) is 7.11 Å². The molecule has 2 heterocycles. The Morgan fingerprint density at radius 3 is 2.61 bits per heavy atom. The number of esters is 1. The van der Waals surface area contributed by atoms with Crippen LogP contribution in [0.3, 0.4) is 0 Å². The monoisotopic (exact) mass is 436 g/mol. The maximum absolute atomic E-state index is 11.7. The van der Waals surface area contributed by atoms with Gasteiger partial charge in [-0.3, -0.25) is 9.78 Å². The van der Waals surface area contributed by atoms with Gasteiger partial charge in [-0.1, -0.05) is 35.8 Å². The van der Waals surface area contributed by atoms with E-state index < -0.39 is 0 Å². The van der Waals surface area contributed by atoms with E-state index in [9.17, 15) is 4.79 Å². The number of aromatic nitrogens is 1. The Balaban J connectivity index is 1.63. The maximum Gasteiger partial charge on any atom is 0.308 e. The smallest absolute Gasteiger partial charge is 0.308 e. The molecule has 4 nitrogen and oxygen atoms in total. The topological polar surface area (TPSA) is 42.4 Å². The van der Waals surface area contributed by atoms with E-state index in [1.54, 1.807) is 11.8 Å². The second kappa shape index (κ2) is 9.68. The van der Waals surface area contributed by atoms with Gasteiger partial charge in [0.1, 0.15) is 0 Å². The highest BCUT2D eigenvalue weighted by atomic mass is 35.5. The van der Waals surface area contributed by atoms with Gasteiger partial charge in [-0.2, -0.15) is 0 Å². The van der Waals surface area contributed by atoms with Gasteiger partial charge in [-0.25, -0.2) is 0 Å². The normalized spacial score (nSPS) is 14.8. The van der Waals surface area contributed by atoms with Crippen molar-refractivity contribution < 1.29 is 9.53 Å². The van der Waals surface area contributed by atoms with Crippen LogP contribution >= 0.6 is 35.0 Å². The summed E-state index contributed by atoms with van der Waals surface area (Å²) in [5, 5.41) is 1.30. The van der Waals surface area contributed by atoms with Crippen molar-refractivity contribution in [3.63, 3.8) is 0 Å². The van der Waals surface area contributed by atoms with E-state index in [0.29, 0.717) is 15.8 Å². The molecule has 0 aliphatic carbocycles. The molecule has 0 radical (unpaired) electrons. The maximum atomic E-state index is 11.7. The van der Waals surface area contributed by atoms with Crippen LogP contribution in [0.5, 0.6) is 0 Å². The lowest BCUT2D eigenvalue weighted by atomic mass is 9.96. The highest BCUT2D eigenvalue weighted by molar-refractivity contribution is 7.98. The fraction of sp³-hybridized carbons (Fsp3) is 0.333. The van der Waals surface area contributed by atoms with Gasteiger partial charge in [0.2, 0.25) is 0 Å². The number of pyridine rings is 1. The van der Waals surface area contributed by atoms with Gasteiger partial charge in [0.05, 0.1) is 23.1 Å². The predicted octanol–water partition coefficient (Wildman–Crippen LogP) is 5.54. The van der Waals surface area contributed by atoms with E-state index in [4.69, 9.17) is 27.9 Å². The van der Waals surface area contributed by atoms with Crippen LogP contribution < -0.4 is 0 Å². The molecular formula is C21H22Cl2N2O2S. The number of piperidine rings is 1. The third-order valence-electron chi connectivity index (χ3n) is 4.84. The van der Waals surface area contributed by atoms with Crippen LogP contribution in [0.2, 0.25) is 10.0 Å². The van der Waals surface area contributed by atoms with Crippen LogP contribution in [-0.4, -0.2) is 36.1 Å². The van der Waals surface area contributed by atoms with E-state index in [-0.39, 0.29) is 11.9 Å². The molecule has 0 unspecified atom stereocenters. The first-order valence-electron chi connectivity index (χ1n) is 9.02. The second-order valence-corrected chi connectivity index (χ2v) is 8.45. The van der Waals surface area contributed by atoms with Gasteiger partial charge >= 0.3 is 5.97 Å². The van der Waals surface area contributed by atoms with Crippen molar-refractivity contribution in [1.29, 1.82) is 0 Å². The molecule has 0 bridgehead atoms. The quantitative estimate of drug-likeness (QED) is 0.439. The van der Waals surface area contributed by atoms with Crippen LogP contribution in [0.4, 0.5) is 0 Å². The summed E-state index contributed by atoms with van der Waals surface area (Å²) in [6.07, 6.45) is 5.22. The summed E-state index contributed by atoms with van der Waals surface area (Å²) in [6.45, 7) is 5.82. The summed E-state index contributed by atoms with van der Waals surface area (Å²) in [7, 11) is 1.44. The minimum atomic E-state index is -0.121. The number of benzene rings is 1. The van der Waals surface area contributed by atoms with E-state index in [1.807, 2.05) is 30.6 Å². The number of carbonyl (C=O) groups excluding carboxylic acids is 1. The van der Waals surface area contributed by atoms with Crippen LogP contribution in [0.1, 0.15) is 24.0 Å². The molecule has 1 aliphatic heterocycles. The Hall–Kier alpha value is -1.69. The number of ether oxygens (including phenoxy) is 1. The van der Waals surface area contributed by atoms with Crippen LogP contribution in [0.15, 0.2) is 48.1 Å². The predicted molar refractivity (Wildman–Crippen MR) is 116 cm³/mol. The number of carbonyl (C=O) groups is 1. The molecule has 1 aliphatic rings. The van der Waals surface area contributed by atoms with Crippen molar-refractivity contribution in [2.75, 3.05) is 20.2 Å². The molecule has 2 aromatic rings. The first kappa shape index (κ1) is 21.0. The van der Waals surface area contributed by atoms with Gasteiger partial charge in [0, 0.05) is 47.4 Å². The van der Waals surface area contributed by atoms with Crippen molar-refractivity contribution >= 4 is 46.6 Å². The minimum absolute atomic E-state index is 0.0183. The van der Waals surface area contributed by atoms with Gasteiger partial charge in [-0.05, 0) is 36.6 Å². The Morgan fingerprint density at radius 2 is 1.96 bits per heavy atom. The number of hydrogen-bond donors (Lipinski definition) is 0. The number of thioether (sulfide) groups is 1. The van der Waals surface area contributed by atoms with Crippen molar-refractivity contribution in [3.05, 3.63) is 64.4 Å². The van der Waals surface area contributed by atoms with Crippen molar-refractivity contribution in [3.8, 4) is 0 Å². The van der Waals surface area contributed by atoms with Gasteiger partial charge < -0.3 is 9.64 Å². The molecule has 1 aromatic carbocycles. The lowest BCUT2D eigenvalue weighted by Gasteiger charge is -2.33. The molecule has 7 heteroatoms. The summed E-state index contributed by atoms with van der Waals surface area (Å²) in [6, 6.07) is 7.61. The van der Waals surface area contributed by atoms with Gasteiger partial charge in [0.15, 0.2) is 0 Å². The molecule has 1 aromatic heterocycles. The first-order valence-corrected chi connectivity index (χ1v) is 10.8. The Morgan fingerprint density at radius 1 is 1.29 bits per heavy atom. The fourth-order valence-corrected chi connectivity index (χ4v) is 4.84. The molecule has 148 valence electrons. The minimum Gasteiger partial charge on any atom is -0.469 e. The first-order chi connectivity index (χ1) is 13.5. The molecule has 1 saturated heterocycles. The van der Waals surface area contributed by atoms with E-state index in [0.717, 1.165) is 47.7 Å². The van der Waals surface area contributed by atoms with E-state index in [2.05, 4.69) is 22.5 Å². The number of hydrogen-bond acceptors (Lipinski definition) is 5. The lowest BCUT2D eigenvalue weighted by Crippen LogP contribution is -2.35. The second-order valence-electron chi connectivity index (χ2n) is 6.65. The van der Waals surface area contributed by atoms with Gasteiger partial charge in [-0.15, -0.1) is 11.8 Å². The zero-order valence-corrected chi connectivity index (χ0v) is 18.0. The van der Waals surface area contributed by atoms with Gasteiger partial charge in [0.25, 0.3) is 0 Å².